The number of hydrogen-bond acceptors (Lipinski definition) is 5. The fraction of sp³-hybridized carbons (Fsp3) is 0.444. The number of nitrogens with one attached hydrogen (secondary N) is 2. The van der Waals surface area contributed by atoms with Crippen LogP contribution in [-0.4, -0.2) is 31.5 Å². The first-order valence-corrected chi connectivity index (χ1v) is 10.0. The number of aromatic nitrogens is 2. The van der Waals surface area contributed by atoms with Crippen LogP contribution in [0.4, 0.5) is 0 Å². The van der Waals surface area contributed by atoms with Crippen molar-refractivity contribution in [1.82, 2.24) is 14.7 Å². The number of methoxy groups -OCH3 is 1. The van der Waals surface area contributed by atoms with E-state index in [1.165, 1.54) is 19.5 Å². The Kier molecular flexibility index (Phi) is 5.15. The van der Waals surface area contributed by atoms with Gasteiger partial charge in [0.2, 0.25) is 10.0 Å². The van der Waals surface area contributed by atoms with Crippen LogP contribution in [0.15, 0.2) is 40.3 Å². The number of sulfonamides is 1. The van der Waals surface area contributed by atoms with Crippen molar-refractivity contribution in [3.8, 4) is 5.75 Å². The summed E-state index contributed by atoms with van der Waals surface area (Å²) in [4.78, 5) is 18.2. The first-order chi connectivity index (χ1) is 12.3. The zero-order valence-corrected chi connectivity index (χ0v) is 15.8. The van der Waals surface area contributed by atoms with Crippen molar-refractivity contribution < 1.29 is 13.2 Å². The summed E-state index contributed by atoms with van der Waals surface area (Å²) in [6.07, 6.45) is 2.60. The molecule has 8 heteroatoms. The van der Waals surface area contributed by atoms with Crippen molar-refractivity contribution in [2.24, 2.45) is 0 Å². The molecule has 3 rings (SSSR count). The quantitative estimate of drug-likeness (QED) is 0.803. The summed E-state index contributed by atoms with van der Waals surface area (Å²) in [5, 5.41) is 0. The van der Waals surface area contributed by atoms with Crippen LogP contribution in [0.25, 0.3) is 0 Å². The summed E-state index contributed by atoms with van der Waals surface area (Å²) < 4.78 is 33.6. The van der Waals surface area contributed by atoms with Crippen LogP contribution in [0.5, 0.6) is 5.75 Å². The van der Waals surface area contributed by atoms with Gasteiger partial charge in [-0.1, -0.05) is 19.9 Å². The molecule has 0 atom stereocenters. The lowest BCUT2D eigenvalue weighted by Crippen LogP contribution is -2.43. The fourth-order valence-corrected chi connectivity index (χ4v) is 4.57. The second-order valence-electron chi connectivity index (χ2n) is 6.89. The Labute approximate surface area is 152 Å². The molecule has 1 saturated carbocycles. The van der Waals surface area contributed by atoms with Crippen molar-refractivity contribution in [2.45, 2.75) is 49.5 Å². The molecule has 0 saturated heterocycles. The van der Waals surface area contributed by atoms with Gasteiger partial charge in [-0.3, -0.25) is 4.79 Å². The van der Waals surface area contributed by atoms with E-state index in [0.29, 0.717) is 24.3 Å². The van der Waals surface area contributed by atoms with E-state index >= 15 is 0 Å². The van der Waals surface area contributed by atoms with Gasteiger partial charge in [-0.25, -0.2) is 18.1 Å². The number of hydrogen-bond donors (Lipinski definition) is 2. The largest absolute Gasteiger partial charge is 0.495 e. The van der Waals surface area contributed by atoms with Gasteiger partial charge in [0.1, 0.15) is 10.6 Å². The van der Waals surface area contributed by atoms with Crippen molar-refractivity contribution in [3.05, 3.63) is 52.2 Å². The van der Waals surface area contributed by atoms with Crippen LogP contribution < -0.4 is 15.0 Å². The third-order valence-corrected chi connectivity index (χ3v) is 6.26. The van der Waals surface area contributed by atoms with Crippen molar-refractivity contribution in [2.75, 3.05) is 7.11 Å². The molecule has 1 fully saturated rings. The molecular weight excluding hydrogens is 354 g/mol. The fourth-order valence-electron chi connectivity index (χ4n) is 3.11. The maximum atomic E-state index is 12.8. The molecule has 0 unspecified atom stereocenters. The van der Waals surface area contributed by atoms with Crippen molar-refractivity contribution in [3.63, 3.8) is 0 Å². The molecule has 2 aromatic rings. The highest BCUT2D eigenvalue weighted by Gasteiger charge is 2.35. The molecule has 1 aromatic heterocycles. The third-order valence-electron chi connectivity index (χ3n) is 4.72. The van der Waals surface area contributed by atoms with E-state index in [1.54, 1.807) is 12.1 Å². The Bertz CT molecular complexity index is 947. The number of nitrogens with zero attached hydrogens (tertiary/aromatic N) is 1. The van der Waals surface area contributed by atoms with Crippen LogP contribution in [0.3, 0.4) is 0 Å². The summed E-state index contributed by atoms with van der Waals surface area (Å²) >= 11 is 0. The van der Waals surface area contributed by atoms with Gasteiger partial charge in [-0.2, -0.15) is 0 Å². The number of aromatic amines is 1. The lowest BCUT2D eigenvalue weighted by atomic mass is 9.79. The molecular formula is C18H23N3O4S. The lowest BCUT2D eigenvalue weighted by Gasteiger charge is -2.35. The predicted molar refractivity (Wildman–Crippen MR) is 98.0 cm³/mol. The van der Waals surface area contributed by atoms with Gasteiger partial charge in [0.25, 0.3) is 5.56 Å². The van der Waals surface area contributed by atoms with Crippen LogP contribution >= 0.6 is 0 Å². The molecule has 2 N–H and O–H groups in total. The van der Waals surface area contributed by atoms with Crippen molar-refractivity contribution >= 4 is 10.0 Å². The van der Waals surface area contributed by atoms with E-state index in [2.05, 4.69) is 14.7 Å². The van der Waals surface area contributed by atoms with Crippen LogP contribution in [0.2, 0.25) is 0 Å². The van der Waals surface area contributed by atoms with Crippen LogP contribution in [-0.2, 0) is 10.0 Å². The van der Waals surface area contributed by atoms with Crippen molar-refractivity contribution in [1.29, 1.82) is 0 Å². The van der Waals surface area contributed by atoms with E-state index in [1.807, 2.05) is 19.9 Å². The predicted octanol–water partition coefficient (Wildman–Crippen LogP) is 2.13. The van der Waals surface area contributed by atoms with Gasteiger partial charge in [0.15, 0.2) is 0 Å². The highest BCUT2D eigenvalue weighted by atomic mass is 32.2. The molecule has 140 valence electrons. The number of benzene rings is 1. The molecule has 0 amide bonds. The van der Waals surface area contributed by atoms with E-state index in [0.717, 1.165) is 5.56 Å². The van der Waals surface area contributed by atoms with Gasteiger partial charge < -0.3 is 9.72 Å². The molecule has 26 heavy (non-hydrogen) atoms. The number of ether oxygens (including phenoxy) is 1. The molecule has 0 radical (unpaired) electrons. The minimum Gasteiger partial charge on any atom is -0.495 e. The third kappa shape index (κ3) is 3.81. The smallest absolute Gasteiger partial charge is 0.250 e. The molecule has 1 aromatic carbocycles. The molecule has 7 nitrogen and oxygen atoms in total. The average molecular weight is 377 g/mol. The summed E-state index contributed by atoms with van der Waals surface area (Å²) in [5.74, 6) is 0.633. The number of rotatable bonds is 6. The molecule has 0 aliphatic heterocycles. The van der Waals surface area contributed by atoms with Gasteiger partial charge in [-0.05, 0) is 36.5 Å². The second-order valence-corrected chi connectivity index (χ2v) is 8.57. The number of H-pyrrole nitrogens is 1. The van der Waals surface area contributed by atoms with E-state index < -0.39 is 10.0 Å². The zero-order valence-electron chi connectivity index (χ0n) is 15.0. The zero-order chi connectivity index (χ0) is 18.9. The average Bonchev–Trinajstić information content (AvgIpc) is 2.57. The standard InChI is InChI=1S/C18H23N3O4S/c1-11(2)12-4-5-16(25-3)17(8-12)26(23,24)21-14-6-13(7-14)15-9-18(22)20-10-19-15/h4-5,8-11,13-14,21H,6-7H2,1-3H3,(H,19,20,22). The molecule has 1 aliphatic rings. The molecule has 0 spiro atoms. The van der Waals surface area contributed by atoms with E-state index in [4.69, 9.17) is 4.74 Å². The summed E-state index contributed by atoms with van der Waals surface area (Å²) in [6, 6.07) is 6.51. The summed E-state index contributed by atoms with van der Waals surface area (Å²) in [7, 11) is -2.24. The highest BCUT2D eigenvalue weighted by molar-refractivity contribution is 7.89. The maximum Gasteiger partial charge on any atom is 0.250 e. The molecule has 0 bridgehead atoms. The Morgan fingerprint density at radius 2 is 2.00 bits per heavy atom. The minimum absolute atomic E-state index is 0.0916. The SMILES string of the molecule is COc1ccc(C(C)C)cc1S(=O)(=O)NC1CC(c2cc(=O)[nH]cn2)C1. The Morgan fingerprint density at radius 1 is 1.27 bits per heavy atom. The van der Waals surface area contributed by atoms with E-state index in [9.17, 15) is 13.2 Å². The first kappa shape index (κ1) is 18.6. The monoisotopic (exact) mass is 377 g/mol. The Morgan fingerprint density at radius 3 is 2.62 bits per heavy atom. The lowest BCUT2D eigenvalue weighted by molar-refractivity contribution is 0.319. The summed E-state index contributed by atoms with van der Waals surface area (Å²) in [5.41, 5.74) is 1.43. The van der Waals surface area contributed by atoms with E-state index in [-0.39, 0.29) is 28.3 Å². The van der Waals surface area contributed by atoms with Gasteiger partial charge in [0.05, 0.1) is 19.1 Å². The Balaban J connectivity index is 1.74. The first-order valence-electron chi connectivity index (χ1n) is 8.55. The summed E-state index contributed by atoms with van der Waals surface area (Å²) in [6.45, 7) is 4.02. The maximum absolute atomic E-state index is 12.8. The normalized spacial score (nSPS) is 20.0. The molecule has 1 heterocycles. The minimum atomic E-state index is -3.70. The highest BCUT2D eigenvalue weighted by Crippen LogP contribution is 2.37. The van der Waals surface area contributed by atoms with Gasteiger partial charge in [-0.15, -0.1) is 0 Å². The topological polar surface area (TPSA) is 101 Å². The Hall–Kier alpha value is -2.19. The van der Waals surface area contributed by atoms with Gasteiger partial charge in [0, 0.05) is 18.0 Å². The van der Waals surface area contributed by atoms with Gasteiger partial charge >= 0.3 is 0 Å². The van der Waals surface area contributed by atoms with Crippen LogP contribution in [0.1, 0.15) is 49.8 Å². The molecule has 1 aliphatic carbocycles. The van der Waals surface area contributed by atoms with Crippen LogP contribution in [0, 0.1) is 0 Å². The second kappa shape index (κ2) is 7.20.